The fraction of sp³-hybridized carbons (Fsp3) is 0.620. The van der Waals surface area contributed by atoms with Crippen LogP contribution in [-0.2, 0) is 32.7 Å². The number of esters is 2. The van der Waals surface area contributed by atoms with Gasteiger partial charge < -0.3 is 20.1 Å². The van der Waals surface area contributed by atoms with Crippen LogP contribution in [0.15, 0.2) is 170 Å². The second-order valence-electron chi connectivity index (χ2n) is 23.0. The molecular formula is C79H130NO8P. The summed E-state index contributed by atoms with van der Waals surface area (Å²) in [6.45, 7) is 3.47. The summed E-state index contributed by atoms with van der Waals surface area (Å²) in [4.78, 5) is 35.4. The van der Waals surface area contributed by atoms with Crippen LogP contribution in [0.5, 0.6) is 0 Å². The number of allylic oxidation sites excluding steroid dienone is 28. The Kier molecular flexibility index (Phi) is 68.7. The van der Waals surface area contributed by atoms with E-state index in [-0.39, 0.29) is 32.6 Å². The molecule has 0 radical (unpaired) electrons. The molecule has 0 aliphatic rings. The molecule has 0 bridgehead atoms. The SMILES string of the molecule is CC/C=C\C/C=C\C/C=C\C/C=C\C/C=C\C/C=C\C/C=C\C/C=C\C/C=C\C/C=C\CCCCC(=O)OC(COC(=O)CCCCCCCCCCCCCCCCCCCCCCCC/C=C\C/C=C\C/C=C\C/C=C\CC)COP(=O)(O)OCCN. The smallest absolute Gasteiger partial charge is 0.462 e. The molecule has 0 aromatic heterocycles. The van der Waals surface area contributed by atoms with Crippen molar-refractivity contribution < 1.29 is 37.6 Å². The largest absolute Gasteiger partial charge is 0.472 e. The van der Waals surface area contributed by atoms with Gasteiger partial charge in [-0.05, 0) is 128 Å². The van der Waals surface area contributed by atoms with E-state index in [1.165, 1.54) is 128 Å². The zero-order valence-electron chi connectivity index (χ0n) is 56.6. The maximum Gasteiger partial charge on any atom is 0.472 e. The number of ether oxygens (including phenoxy) is 2. The molecule has 0 heterocycles. The van der Waals surface area contributed by atoms with Crippen LogP contribution < -0.4 is 5.73 Å². The zero-order chi connectivity index (χ0) is 64.4. The lowest BCUT2D eigenvalue weighted by Crippen LogP contribution is -2.29. The van der Waals surface area contributed by atoms with Gasteiger partial charge in [-0.15, -0.1) is 0 Å². The van der Waals surface area contributed by atoms with E-state index < -0.39 is 32.5 Å². The predicted molar refractivity (Wildman–Crippen MR) is 385 cm³/mol. The molecule has 9 nitrogen and oxygen atoms in total. The van der Waals surface area contributed by atoms with E-state index in [0.717, 1.165) is 122 Å². The molecule has 10 heteroatoms. The molecule has 0 fully saturated rings. The zero-order valence-corrected chi connectivity index (χ0v) is 57.5. The van der Waals surface area contributed by atoms with Crippen molar-refractivity contribution >= 4 is 19.8 Å². The number of phosphoric acid groups is 1. The van der Waals surface area contributed by atoms with Crippen molar-refractivity contribution in [2.45, 2.75) is 290 Å². The molecule has 0 aliphatic carbocycles. The monoisotopic (exact) mass is 1250 g/mol. The van der Waals surface area contributed by atoms with Crippen molar-refractivity contribution in [1.29, 1.82) is 0 Å². The lowest BCUT2D eigenvalue weighted by Gasteiger charge is -2.19. The van der Waals surface area contributed by atoms with Gasteiger partial charge in [0.1, 0.15) is 6.61 Å². The quantitative estimate of drug-likeness (QED) is 0.0264. The summed E-state index contributed by atoms with van der Waals surface area (Å²) < 4.78 is 33.1. The standard InChI is InChI=1S/C79H130NO8P/c1-3-5-7-9-11-13-15-17-19-21-23-25-27-29-31-33-35-37-38-40-41-43-45-47-49-51-53-55-57-59-61-63-65-67-69-71-78(81)85-75-77(76-87-89(83,84)86-74-73-80)88-79(82)72-70-68-66-64-62-60-58-56-54-52-50-48-46-44-42-39-36-34-32-30-28-26-24-22-20-18-16-14-12-10-8-6-4-2/h5-8,11-14,17-20,23-26,30,32,36,39,44,46,50,52,56,58,62,64,77H,3-4,9-10,15-16,21-22,27-29,31,33-35,37-38,40-43,45,47-49,51,53-55,57,59-61,63,65-76,80H2,1-2H3,(H,83,84)/b7-5-,8-6-,13-11-,14-12-,19-17-,20-18-,25-23-,26-24-,32-30-,39-36-,46-44-,52-50-,58-56-,64-62-. The average molecular weight is 1250 g/mol. The van der Waals surface area contributed by atoms with Gasteiger partial charge in [0.2, 0.25) is 0 Å². The predicted octanol–water partition coefficient (Wildman–Crippen LogP) is 23.7. The van der Waals surface area contributed by atoms with Crippen molar-refractivity contribution in [2.24, 2.45) is 5.73 Å². The number of carbonyl (C=O) groups is 2. The third-order valence-corrected chi connectivity index (χ3v) is 15.6. The Morgan fingerprint density at radius 3 is 0.888 bits per heavy atom. The molecule has 504 valence electrons. The van der Waals surface area contributed by atoms with Gasteiger partial charge in [0.25, 0.3) is 0 Å². The first-order chi connectivity index (χ1) is 43.8. The summed E-state index contributed by atoms with van der Waals surface area (Å²) in [5.41, 5.74) is 5.40. The fourth-order valence-corrected chi connectivity index (χ4v) is 10.2. The van der Waals surface area contributed by atoms with Crippen molar-refractivity contribution in [3.05, 3.63) is 170 Å². The molecule has 2 unspecified atom stereocenters. The number of rotatable bonds is 65. The molecule has 0 saturated carbocycles. The van der Waals surface area contributed by atoms with Crippen LogP contribution >= 0.6 is 7.82 Å². The van der Waals surface area contributed by atoms with Crippen molar-refractivity contribution in [1.82, 2.24) is 0 Å². The van der Waals surface area contributed by atoms with E-state index in [0.29, 0.717) is 6.42 Å². The molecule has 0 aliphatic heterocycles. The highest BCUT2D eigenvalue weighted by atomic mass is 31.2. The van der Waals surface area contributed by atoms with Gasteiger partial charge in [0.05, 0.1) is 13.2 Å². The van der Waals surface area contributed by atoms with Crippen LogP contribution in [0.3, 0.4) is 0 Å². The Hall–Kier alpha value is -4.63. The van der Waals surface area contributed by atoms with E-state index in [2.05, 4.69) is 184 Å². The van der Waals surface area contributed by atoms with E-state index >= 15 is 0 Å². The van der Waals surface area contributed by atoms with Crippen LogP contribution in [0.2, 0.25) is 0 Å². The van der Waals surface area contributed by atoms with Gasteiger partial charge in [-0.1, -0.05) is 312 Å². The molecule has 3 N–H and O–H groups in total. The fourth-order valence-electron chi connectivity index (χ4n) is 9.42. The van der Waals surface area contributed by atoms with E-state index in [1.54, 1.807) is 0 Å². The molecule has 0 amide bonds. The number of unbranched alkanes of at least 4 members (excludes halogenated alkanes) is 24. The van der Waals surface area contributed by atoms with Crippen LogP contribution in [0.1, 0.15) is 284 Å². The number of phosphoric ester groups is 1. The average Bonchev–Trinajstić information content (AvgIpc) is 3.58. The van der Waals surface area contributed by atoms with Crippen LogP contribution in [0, 0.1) is 0 Å². The normalized spacial score (nSPS) is 14.0. The first kappa shape index (κ1) is 84.4. The third kappa shape index (κ3) is 72.3. The highest BCUT2D eigenvalue weighted by Crippen LogP contribution is 2.43. The lowest BCUT2D eigenvalue weighted by molar-refractivity contribution is -0.161. The number of carbonyl (C=O) groups excluding carboxylic acids is 2. The maximum atomic E-state index is 12.7. The van der Waals surface area contributed by atoms with Crippen LogP contribution in [-0.4, -0.2) is 49.3 Å². The van der Waals surface area contributed by atoms with Gasteiger partial charge in [-0.2, -0.15) is 0 Å². The van der Waals surface area contributed by atoms with E-state index in [4.69, 9.17) is 24.3 Å². The summed E-state index contributed by atoms with van der Waals surface area (Å²) >= 11 is 0. The molecule has 2 atom stereocenters. The first-order valence-electron chi connectivity index (χ1n) is 35.6. The lowest BCUT2D eigenvalue weighted by atomic mass is 10.0. The summed E-state index contributed by atoms with van der Waals surface area (Å²) in [5, 5.41) is 0. The Morgan fingerprint density at radius 1 is 0.337 bits per heavy atom. The Bertz CT molecular complexity index is 2070. The van der Waals surface area contributed by atoms with Gasteiger partial charge in [-0.25, -0.2) is 4.57 Å². The highest BCUT2D eigenvalue weighted by Gasteiger charge is 2.26. The molecule has 0 aromatic rings. The van der Waals surface area contributed by atoms with Gasteiger partial charge in [0.15, 0.2) is 6.10 Å². The topological polar surface area (TPSA) is 134 Å². The summed E-state index contributed by atoms with van der Waals surface area (Å²) in [6.07, 6.45) is 107. The summed E-state index contributed by atoms with van der Waals surface area (Å²) in [7, 11) is -4.42. The maximum absolute atomic E-state index is 12.7. The molecule has 0 aromatic carbocycles. The molecule has 89 heavy (non-hydrogen) atoms. The van der Waals surface area contributed by atoms with Crippen molar-refractivity contribution in [3.8, 4) is 0 Å². The van der Waals surface area contributed by atoms with Crippen LogP contribution in [0.4, 0.5) is 0 Å². The Balaban J connectivity index is 3.97. The number of hydrogen-bond acceptors (Lipinski definition) is 8. The molecular weight excluding hydrogens is 1120 g/mol. The minimum absolute atomic E-state index is 0.0386. The van der Waals surface area contributed by atoms with E-state index in [1.807, 2.05) is 0 Å². The second kappa shape index (κ2) is 72.4. The minimum atomic E-state index is -4.42. The van der Waals surface area contributed by atoms with E-state index in [9.17, 15) is 19.0 Å². The van der Waals surface area contributed by atoms with Gasteiger partial charge in [0, 0.05) is 19.4 Å². The molecule has 0 saturated heterocycles. The minimum Gasteiger partial charge on any atom is -0.462 e. The molecule has 0 rings (SSSR count). The molecule has 0 spiro atoms. The van der Waals surface area contributed by atoms with Gasteiger partial charge in [-0.3, -0.25) is 18.6 Å². The highest BCUT2D eigenvalue weighted by molar-refractivity contribution is 7.47. The van der Waals surface area contributed by atoms with Gasteiger partial charge >= 0.3 is 19.8 Å². The summed E-state index contributed by atoms with van der Waals surface area (Å²) in [6, 6.07) is 0. The number of hydrogen-bond donors (Lipinski definition) is 2. The Morgan fingerprint density at radius 2 is 0.584 bits per heavy atom. The number of nitrogens with two attached hydrogens (primary N) is 1. The Labute approximate surface area is 546 Å². The third-order valence-electron chi connectivity index (χ3n) is 14.6. The first-order valence-corrected chi connectivity index (χ1v) is 37.1. The van der Waals surface area contributed by atoms with Crippen LogP contribution in [0.25, 0.3) is 0 Å². The van der Waals surface area contributed by atoms with Crippen molar-refractivity contribution in [2.75, 3.05) is 26.4 Å². The summed E-state index contributed by atoms with van der Waals surface area (Å²) in [5.74, 6) is -0.882. The van der Waals surface area contributed by atoms with Crippen molar-refractivity contribution in [3.63, 3.8) is 0 Å². The second-order valence-corrected chi connectivity index (χ2v) is 24.4.